The Bertz CT molecular complexity index is 514. The zero-order chi connectivity index (χ0) is 14.8. The first-order valence-corrected chi connectivity index (χ1v) is 6.96. The Morgan fingerprint density at radius 2 is 2.10 bits per heavy atom. The summed E-state index contributed by atoms with van der Waals surface area (Å²) in [5.74, 6) is 0.713. The third-order valence-corrected chi connectivity index (χ3v) is 3.83. The molecule has 0 spiro atoms. The van der Waals surface area contributed by atoms with Crippen molar-refractivity contribution in [3.8, 4) is 0 Å². The van der Waals surface area contributed by atoms with E-state index >= 15 is 0 Å². The van der Waals surface area contributed by atoms with E-state index in [1.54, 1.807) is 14.0 Å². The van der Waals surface area contributed by atoms with Gasteiger partial charge >= 0.3 is 5.69 Å². The molecule has 0 amide bonds. The van der Waals surface area contributed by atoms with Crippen LogP contribution in [-0.2, 0) is 0 Å². The number of aromatic nitrogens is 2. The van der Waals surface area contributed by atoms with Crippen molar-refractivity contribution in [2.75, 3.05) is 24.2 Å². The highest BCUT2D eigenvalue weighted by Crippen LogP contribution is 2.49. The number of nitrogens with one attached hydrogen (secondary N) is 2. The normalized spacial score (nSPS) is 15.8. The predicted molar refractivity (Wildman–Crippen MR) is 78.0 cm³/mol. The first-order valence-electron chi connectivity index (χ1n) is 6.96. The molecule has 110 valence electrons. The van der Waals surface area contributed by atoms with Gasteiger partial charge in [-0.1, -0.05) is 13.3 Å². The van der Waals surface area contributed by atoms with Crippen molar-refractivity contribution in [2.24, 2.45) is 5.41 Å². The first kappa shape index (κ1) is 14.5. The van der Waals surface area contributed by atoms with Crippen molar-refractivity contribution >= 4 is 17.5 Å². The van der Waals surface area contributed by atoms with Crippen LogP contribution in [0.1, 0.15) is 38.3 Å². The van der Waals surface area contributed by atoms with E-state index in [-0.39, 0.29) is 5.69 Å². The van der Waals surface area contributed by atoms with Crippen molar-refractivity contribution in [1.29, 1.82) is 0 Å². The zero-order valence-electron chi connectivity index (χ0n) is 12.2. The number of nitrogens with zero attached hydrogens (tertiary/aromatic N) is 3. The second-order valence-electron chi connectivity index (χ2n) is 5.44. The second-order valence-corrected chi connectivity index (χ2v) is 5.44. The van der Waals surface area contributed by atoms with Crippen molar-refractivity contribution in [1.82, 2.24) is 9.97 Å². The second kappa shape index (κ2) is 5.60. The first-order chi connectivity index (χ1) is 9.51. The largest absolute Gasteiger partial charge is 0.364 e. The maximum Gasteiger partial charge on any atom is 0.332 e. The number of rotatable bonds is 7. The van der Waals surface area contributed by atoms with Gasteiger partial charge in [0.05, 0.1) is 4.92 Å². The molecule has 1 fully saturated rings. The Morgan fingerprint density at radius 1 is 1.40 bits per heavy atom. The average Bonchev–Trinajstić information content (AvgIpc) is 3.16. The molecule has 0 aliphatic heterocycles. The molecule has 1 aliphatic carbocycles. The van der Waals surface area contributed by atoms with Crippen LogP contribution < -0.4 is 10.6 Å². The number of nitro groups is 1. The molecule has 0 saturated heterocycles. The van der Waals surface area contributed by atoms with Gasteiger partial charge in [0.25, 0.3) is 0 Å². The van der Waals surface area contributed by atoms with Gasteiger partial charge in [0.1, 0.15) is 5.69 Å². The highest BCUT2D eigenvalue weighted by atomic mass is 16.6. The van der Waals surface area contributed by atoms with Gasteiger partial charge in [-0.2, -0.15) is 4.98 Å². The maximum atomic E-state index is 11.2. The molecule has 2 N–H and O–H groups in total. The molecular weight excluding hydrogens is 258 g/mol. The summed E-state index contributed by atoms with van der Waals surface area (Å²) >= 11 is 0. The van der Waals surface area contributed by atoms with Gasteiger partial charge < -0.3 is 10.6 Å². The minimum absolute atomic E-state index is 0.0312. The van der Waals surface area contributed by atoms with E-state index in [1.165, 1.54) is 12.8 Å². The molecule has 7 heteroatoms. The molecule has 0 unspecified atom stereocenters. The van der Waals surface area contributed by atoms with E-state index in [4.69, 9.17) is 0 Å². The summed E-state index contributed by atoms with van der Waals surface area (Å²) in [5.41, 5.74) is 0.648. The van der Waals surface area contributed by atoms with Crippen LogP contribution in [0, 0.1) is 22.5 Å². The van der Waals surface area contributed by atoms with Crippen LogP contribution in [-0.4, -0.2) is 28.5 Å². The third kappa shape index (κ3) is 2.97. The summed E-state index contributed by atoms with van der Waals surface area (Å²) in [4.78, 5) is 19.0. The fraction of sp³-hybridized carbons (Fsp3) is 0.692. The lowest BCUT2D eigenvalue weighted by Gasteiger charge is -2.16. The van der Waals surface area contributed by atoms with Crippen molar-refractivity contribution in [2.45, 2.75) is 39.5 Å². The van der Waals surface area contributed by atoms with Crippen LogP contribution >= 0.6 is 0 Å². The number of hydrogen-bond acceptors (Lipinski definition) is 6. The minimum Gasteiger partial charge on any atom is -0.364 e. The van der Waals surface area contributed by atoms with E-state index in [2.05, 4.69) is 27.5 Å². The van der Waals surface area contributed by atoms with Gasteiger partial charge in [-0.05, 0) is 31.6 Å². The Balaban J connectivity index is 2.21. The summed E-state index contributed by atoms with van der Waals surface area (Å²) < 4.78 is 0. The van der Waals surface area contributed by atoms with Crippen LogP contribution in [0.3, 0.4) is 0 Å². The molecule has 0 bridgehead atoms. The van der Waals surface area contributed by atoms with Gasteiger partial charge in [0.15, 0.2) is 0 Å². The fourth-order valence-electron chi connectivity index (χ4n) is 2.51. The molecule has 7 nitrogen and oxygen atoms in total. The maximum absolute atomic E-state index is 11.2. The Morgan fingerprint density at radius 3 is 2.60 bits per heavy atom. The van der Waals surface area contributed by atoms with Crippen LogP contribution in [0.15, 0.2) is 0 Å². The van der Waals surface area contributed by atoms with Gasteiger partial charge in [-0.25, -0.2) is 4.98 Å². The van der Waals surface area contributed by atoms with E-state index in [9.17, 15) is 10.1 Å². The Hall–Kier alpha value is -1.92. The molecule has 1 aromatic heterocycles. The molecule has 2 rings (SSSR count). The van der Waals surface area contributed by atoms with E-state index < -0.39 is 4.92 Å². The summed E-state index contributed by atoms with van der Waals surface area (Å²) in [6, 6.07) is 0. The molecule has 1 saturated carbocycles. The lowest BCUT2D eigenvalue weighted by molar-refractivity contribution is -0.385. The molecule has 1 aromatic rings. The lowest BCUT2D eigenvalue weighted by Crippen LogP contribution is -2.18. The van der Waals surface area contributed by atoms with Crippen LogP contribution in [0.4, 0.5) is 17.5 Å². The Kier molecular flexibility index (Phi) is 4.06. The summed E-state index contributed by atoms with van der Waals surface area (Å²) in [7, 11) is 1.70. The molecule has 0 atom stereocenters. The van der Waals surface area contributed by atoms with Gasteiger partial charge in [-0.3, -0.25) is 10.1 Å². The summed E-state index contributed by atoms with van der Waals surface area (Å²) in [5, 5.41) is 17.2. The Labute approximate surface area is 118 Å². The monoisotopic (exact) mass is 279 g/mol. The SMILES string of the molecule is CCCC1(CNc2nc(NC)nc(C)c2[N+](=O)[O-])CC1. The van der Waals surface area contributed by atoms with Crippen molar-refractivity contribution in [3.63, 3.8) is 0 Å². The lowest BCUT2D eigenvalue weighted by atomic mass is 10.0. The number of anilines is 2. The van der Waals surface area contributed by atoms with Crippen molar-refractivity contribution < 1.29 is 4.92 Å². The molecular formula is C13H21N5O2. The molecule has 0 aromatic carbocycles. The molecule has 20 heavy (non-hydrogen) atoms. The quantitative estimate of drug-likeness (QED) is 0.589. The number of aryl methyl sites for hydroxylation is 1. The predicted octanol–water partition coefficient (Wildman–Crippen LogP) is 2.73. The minimum atomic E-state index is -0.420. The van der Waals surface area contributed by atoms with Crippen LogP contribution in [0.2, 0.25) is 0 Å². The molecule has 1 aliphatic rings. The van der Waals surface area contributed by atoms with E-state index in [1.807, 2.05) is 0 Å². The topological polar surface area (TPSA) is 93.0 Å². The highest BCUT2D eigenvalue weighted by Gasteiger charge is 2.41. The van der Waals surface area contributed by atoms with E-state index in [0.717, 1.165) is 19.4 Å². The smallest absolute Gasteiger partial charge is 0.332 e. The third-order valence-electron chi connectivity index (χ3n) is 3.83. The zero-order valence-corrected chi connectivity index (χ0v) is 12.2. The van der Waals surface area contributed by atoms with E-state index in [0.29, 0.717) is 22.9 Å². The summed E-state index contributed by atoms with van der Waals surface area (Å²) in [6.07, 6.45) is 4.65. The van der Waals surface area contributed by atoms with Gasteiger partial charge in [-0.15, -0.1) is 0 Å². The summed E-state index contributed by atoms with van der Waals surface area (Å²) in [6.45, 7) is 4.53. The van der Waals surface area contributed by atoms with Crippen molar-refractivity contribution in [3.05, 3.63) is 15.8 Å². The van der Waals surface area contributed by atoms with Gasteiger partial charge in [0, 0.05) is 13.6 Å². The highest BCUT2D eigenvalue weighted by molar-refractivity contribution is 5.60. The van der Waals surface area contributed by atoms with Crippen LogP contribution in [0.5, 0.6) is 0 Å². The molecule has 0 radical (unpaired) electrons. The van der Waals surface area contributed by atoms with Crippen LogP contribution in [0.25, 0.3) is 0 Å². The average molecular weight is 279 g/mol. The number of hydrogen-bond donors (Lipinski definition) is 2. The van der Waals surface area contributed by atoms with Gasteiger partial charge in [0.2, 0.25) is 11.8 Å². The standard InChI is InChI=1S/C13H21N5O2/c1-4-5-13(6-7-13)8-15-11-10(18(19)20)9(2)16-12(14-3)17-11/h4-8H2,1-3H3,(H2,14,15,16,17). The molecule has 1 heterocycles. The fourth-order valence-corrected chi connectivity index (χ4v) is 2.51.